The second-order valence-corrected chi connectivity index (χ2v) is 10.9. The van der Waals surface area contributed by atoms with Crippen LogP contribution in [-0.4, -0.2) is 29.0 Å². The fourth-order valence-corrected chi connectivity index (χ4v) is 5.88. The van der Waals surface area contributed by atoms with Crippen LogP contribution in [0.2, 0.25) is 19.4 Å². The van der Waals surface area contributed by atoms with Crippen molar-refractivity contribution in [3.63, 3.8) is 0 Å². The molecule has 174 valence electrons. The van der Waals surface area contributed by atoms with Gasteiger partial charge in [-0.05, 0) is 35.7 Å². The van der Waals surface area contributed by atoms with E-state index in [2.05, 4.69) is 15.1 Å². The Kier molecular flexibility index (Phi) is 8.11. The number of halogens is 5. The van der Waals surface area contributed by atoms with Gasteiger partial charge in [-0.2, -0.15) is 5.10 Å². The third kappa shape index (κ3) is 5.97. The van der Waals surface area contributed by atoms with E-state index in [4.69, 9.17) is 51.1 Å². The summed E-state index contributed by atoms with van der Waals surface area (Å²) in [5.41, 5.74) is 2.48. The fraction of sp³-hybridized carbons (Fsp3) is 0.200. The largest absolute Gasteiger partial charge is 0.372 e. The number of fused-ring (bicyclic) bond motifs is 1. The van der Waals surface area contributed by atoms with Gasteiger partial charge >= 0.3 is 6.03 Å². The second-order valence-electron chi connectivity index (χ2n) is 6.86. The van der Waals surface area contributed by atoms with Gasteiger partial charge in [0.1, 0.15) is 10.2 Å². The lowest BCUT2D eigenvalue weighted by atomic mass is 10.1. The predicted octanol–water partition coefficient (Wildman–Crippen LogP) is 6.82. The minimum Gasteiger partial charge on any atom is -0.372 e. The lowest BCUT2D eigenvalue weighted by Gasteiger charge is -2.20. The number of carbonyl (C=O) groups is 1. The van der Waals surface area contributed by atoms with Crippen molar-refractivity contribution in [2.75, 3.05) is 13.2 Å². The molecule has 0 atom stereocenters. The predicted molar refractivity (Wildman–Crippen MR) is 132 cm³/mol. The summed E-state index contributed by atoms with van der Waals surface area (Å²) in [7, 11) is 0. The number of hydrogen-bond donors (Lipinski definition) is 2. The molecule has 0 aliphatic carbocycles. The van der Waals surface area contributed by atoms with Gasteiger partial charge < -0.3 is 10.1 Å². The highest BCUT2D eigenvalue weighted by Gasteiger charge is 2.24. The molecule has 0 saturated carbocycles. The van der Waals surface area contributed by atoms with Gasteiger partial charge in [-0.25, -0.2) is 9.18 Å². The normalized spacial score (nSPS) is 14.7. The average Bonchev–Trinajstić information content (AvgIpc) is 3.34. The van der Waals surface area contributed by atoms with Crippen LogP contribution in [0.15, 0.2) is 40.5 Å². The van der Waals surface area contributed by atoms with Crippen molar-refractivity contribution in [2.24, 2.45) is 0 Å². The van der Waals surface area contributed by atoms with Gasteiger partial charge in [0.25, 0.3) is 0 Å². The molecule has 0 fully saturated rings. The van der Waals surface area contributed by atoms with Crippen LogP contribution in [0.3, 0.4) is 0 Å². The van der Waals surface area contributed by atoms with Crippen LogP contribution >= 0.6 is 69.7 Å². The standard InChI is InChI=1S/C20H15Cl4FN4O2S2/c21-12-2-1-10(14(22)3-12)7-29-18-11(5-27-29)8-31-9-13(18)16(25)6-26-20(30)28-33-17-4-15(23)19(24)32-17/h1-5H,6-9H2,(H2,26,28,30)/b16-13-. The zero-order chi connectivity index (χ0) is 23.5. The third-order valence-electron chi connectivity index (χ3n) is 4.64. The van der Waals surface area contributed by atoms with Crippen LogP contribution in [0.5, 0.6) is 0 Å². The number of benzene rings is 1. The van der Waals surface area contributed by atoms with E-state index >= 15 is 4.39 Å². The molecule has 3 aromatic rings. The summed E-state index contributed by atoms with van der Waals surface area (Å²) in [4.78, 5) is 12.1. The third-order valence-corrected chi connectivity index (χ3v) is 7.99. The molecule has 0 saturated heterocycles. The lowest BCUT2D eigenvalue weighted by molar-refractivity contribution is 0.144. The molecule has 3 heterocycles. The highest BCUT2D eigenvalue weighted by atomic mass is 35.5. The molecule has 1 aliphatic heterocycles. The fourth-order valence-electron chi connectivity index (χ4n) is 3.12. The quantitative estimate of drug-likeness (QED) is 0.320. The molecule has 1 aliphatic rings. The van der Waals surface area contributed by atoms with Gasteiger partial charge in [0, 0.05) is 21.2 Å². The molecule has 4 rings (SSSR count). The maximum absolute atomic E-state index is 15.1. The topological polar surface area (TPSA) is 68.2 Å². The first-order chi connectivity index (χ1) is 15.8. The van der Waals surface area contributed by atoms with Crippen LogP contribution < -0.4 is 10.0 Å². The lowest BCUT2D eigenvalue weighted by Crippen LogP contribution is -2.32. The van der Waals surface area contributed by atoms with Crippen molar-refractivity contribution < 1.29 is 13.9 Å². The number of nitrogens with zero attached hydrogens (tertiary/aromatic N) is 2. The summed E-state index contributed by atoms with van der Waals surface area (Å²) in [5, 5.41) is 8.30. The summed E-state index contributed by atoms with van der Waals surface area (Å²) in [6.07, 6.45) is 1.64. The molecule has 0 unspecified atom stereocenters. The van der Waals surface area contributed by atoms with Crippen LogP contribution in [0.1, 0.15) is 16.8 Å². The Morgan fingerprint density at radius 3 is 2.76 bits per heavy atom. The van der Waals surface area contributed by atoms with Gasteiger partial charge in [-0.15, -0.1) is 11.3 Å². The number of urea groups is 1. The zero-order valence-corrected chi connectivity index (χ0v) is 21.3. The van der Waals surface area contributed by atoms with Crippen molar-refractivity contribution >= 4 is 81.3 Å². The Morgan fingerprint density at radius 1 is 1.21 bits per heavy atom. The van der Waals surface area contributed by atoms with Gasteiger partial charge in [0.05, 0.1) is 47.4 Å². The molecular weight excluding hydrogens is 553 g/mol. The molecule has 6 nitrogen and oxygen atoms in total. The Balaban J connectivity index is 1.45. The van der Waals surface area contributed by atoms with E-state index in [0.29, 0.717) is 48.0 Å². The smallest absolute Gasteiger partial charge is 0.325 e. The molecule has 13 heteroatoms. The number of amides is 2. The first kappa shape index (κ1) is 24.7. The first-order valence-electron chi connectivity index (χ1n) is 9.41. The summed E-state index contributed by atoms with van der Waals surface area (Å²) in [5.74, 6) is -0.526. The van der Waals surface area contributed by atoms with Crippen molar-refractivity contribution in [1.82, 2.24) is 19.8 Å². The van der Waals surface area contributed by atoms with E-state index in [1.807, 2.05) is 0 Å². The molecule has 2 amide bonds. The minimum atomic E-state index is -0.560. The van der Waals surface area contributed by atoms with E-state index in [9.17, 15) is 4.79 Å². The van der Waals surface area contributed by atoms with Crippen LogP contribution in [0, 0.1) is 0 Å². The molecular formula is C20H15Cl4FN4O2S2. The van der Waals surface area contributed by atoms with Gasteiger partial charge in [0.15, 0.2) is 0 Å². The number of nitrogens with one attached hydrogen (secondary N) is 2. The summed E-state index contributed by atoms with van der Waals surface area (Å²) >= 11 is 26.3. The molecule has 2 aromatic heterocycles. The van der Waals surface area contributed by atoms with Crippen LogP contribution in [0.25, 0.3) is 5.57 Å². The molecule has 0 radical (unpaired) electrons. The molecule has 2 N–H and O–H groups in total. The Hall–Kier alpha value is -1.46. The van der Waals surface area contributed by atoms with Crippen molar-refractivity contribution in [3.05, 3.63) is 72.5 Å². The Morgan fingerprint density at radius 2 is 2.03 bits per heavy atom. The maximum atomic E-state index is 15.1. The highest BCUT2D eigenvalue weighted by molar-refractivity contribution is 7.99. The Labute approximate surface area is 217 Å². The number of hydrogen-bond acceptors (Lipinski definition) is 5. The van der Waals surface area contributed by atoms with Gasteiger partial charge in [0.2, 0.25) is 0 Å². The van der Waals surface area contributed by atoms with Crippen LogP contribution in [-0.2, 0) is 17.9 Å². The summed E-state index contributed by atoms with van der Waals surface area (Å²) in [6.45, 7) is 0.391. The molecule has 0 bridgehead atoms. The zero-order valence-electron chi connectivity index (χ0n) is 16.6. The first-order valence-corrected chi connectivity index (χ1v) is 12.6. The van der Waals surface area contributed by atoms with Gasteiger partial charge in [-0.3, -0.25) is 9.40 Å². The number of carbonyl (C=O) groups excluding carboxylic acids is 1. The summed E-state index contributed by atoms with van der Waals surface area (Å²) < 4.78 is 26.0. The van der Waals surface area contributed by atoms with Crippen LogP contribution in [0.4, 0.5) is 9.18 Å². The average molecular weight is 568 g/mol. The van der Waals surface area contributed by atoms with Crippen molar-refractivity contribution in [2.45, 2.75) is 17.4 Å². The van der Waals surface area contributed by atoms with E-state index in [1.165, 1.54) is 11.3 Å². The van der Waals surface area contributed by atoms with E-state index in [1.54, 1.807) is 35.1 Å². The highest BCUT2D eigenvalue weighted by Crippen LogP contribution is 2.36. The Bertz CT molecular complexity index is 1210. The minimum absolute atomic E-state index is 0.0586. The molecule has 0 spiro atoms. The monoisotopic (exact) mass is 566 g/mol. The van der Waals surface area contributed by atoms with E-state index in [0.717, 1.165) is 23.1 Å². The molecule has 1 aromatic carbocycles. The summed E-state index contributed by atoms with van der Waals surface area (Å²) in [6, 6.07) is 6.26. The maximum Gasteiger partial charge on any atom is 0.325 e. The number of rotatable bonds is 6. The van der Waals surface area contributed by atoms with E-state index < -0.39 is 11.9 Å². The van der Waals surface area contributed by atoms with Crippen molar-refractivity contribution in [1.29, 1.82) is 0 Å². The second kappa shape index (κ2) is 10.9. The number of ether oxygens (including phenoxy) is 1. The number of thiophene rings is 1. The molecule has 33 heavy (non-hydrogen) atoms. The van der Waals surface area contributed by atoms with E-state index in [-0.39, 0.29) is 13.2 Å². The van der Waals surface area contributed by atoms with Crippen molar-refractivity contribution in [3.8, 4) is 0 Å². The van der Waals surface area contributed by atoms with Gasteiger partial charge in [-0.1, -0.05) is 52.5 Å². The number of aromatic nitrogens is 2. The SMILES string of the molecule is O=C(NC/C(F)=C1\COCc2cnn(Cc3ccc(Cl)cc3Cl)c21)NSc1cc(Cl)c(Cl)s1.